The van der Waals surface area contributed by atoms with Gasteiger partial charge in [0, 0.05) is 17.7 Å². The van der Waals surface area contributed by atoms with Crippen molar-refractivity contribution in [1.82, 2.24) is 10.5 Å². The third kappa shape index (κ3) is 5.23. The molecule has 2 aromatic carbocycles. The second kappa shape index (κ2) is 8.42. The van der Waals surface area contributed by atoms with Crippen LogP contribution in [0.15, 0.2) is 57.9 Å². The van der Waals surface area contributed by atoms with E-state index >= 15 is 0 Å². The molecule has 164 valence electrons. The first-order valence-electron chi connectivity index (χ1n) is 8.97. The molecule has 0 aliphatic heterocycles. The molecule has 3 aromatic rings. The predicted molar refractivity (Wildman–Crippen MR) is 106 cm³/mol. The maximum absolute atomic E-state index is 12.6. The van der Waals surface area contributed by atoms with Crippen LogP contribution in [-0.2, 0) is 22.7 Å². The Morgan fingerprint density at radius 1 is 1.03 bits per heavy atom. The van der Waals surface area contributed by atoms with Crippen molar-refractivity contribution in [2.24, 2.45) is 0 Å². The average molecular weight is 453 g/mol. The van der Waals surface area contributed by atoms with Crippen LogP contribution in [0.1, 0.15) is 32.7 Å². The molecule has 2 N–H and O–H groups in total. The highest BCUT2D eigenvalue weighted by molar-refractivity contribution is 7.92. The van der Waals surface area contributed by atoms with Gasteiger partial charge in [-0.05, 0) is 55.8 Å². The molecule has 0 saturated heterocycles. The lowest BCUT2D eigenvalue weighted by Gasteiger charge is -2.09. The van der Waals surface area contributed by atoms with Gasteiger partial charge in [-0.25, -0.2) is 13.1 Å². The van der Waals surface area contributed by atoms with Gasteiger partial charge in [-0.1, -0.05) is 17.3 Å². The topological polar surface area (TPSA) is 101 Å². The molecule has 1 heterocycles. The molecule has 0 radical (unpaired) electrons. The van der Waals surface area contributed by atoms with Crippen LogP contribution in [0, 0.1) is 13.8 Å². The Kier molecular flexibility index (Phi) is 6.07. The highest BCUT2D eigenvalue weighted by Crippen LogP contribution is 2.29. The van der Waals surface area contributed by atoms with Crippen LogP contribution in [0.4, 0.5) is 19.1 Å². The number of nitrogens with one attached hydrogen (secondary N) is 2. The van der Waals surface area contributed by atoms with Crippen molar-refractivity contribution in [3.63, 3.8) is 0 Å². The number of amides is 1. The summed E-state index contributed by atoms with van der Waals surface area (Å²) >= 11 is 0. The Morgan fingerprint density at radius 3 is 2.16 bits per heavy atom. The van der Waals surface area contributed by atoms with Crippen molar-refractivity contribution < 1.29 is 30.9 Å². The molecule has 31 heavy (non-hydrogen) atoms. The molecule has 11 heteroatoms. The van der Waals surface area contributed by atoms with Crippen molar-refractivity contribution >= 4 is 21.8 Å². The van der Waals surface area contributed by atoms with Gasteiger partial charge in [0.25, 0.3) is 15.9 Å². The maximum Gasteiger partial charge on any atom is 0.416 e. The highest BCUT2D eigenvalue weighted by Gasteiger charge is 2.29. The zero-order chi connectivity index (χ0) is 22.8. The molecular weight excluding hydrogens is 435 g/mol. The third-order valence-electron chi connectivity index (χ3n) is 4.55. The number of alkyl halides is 3. The lowest BCUT2D eigenvalue weighted by Crippen LogP contribution is -2.23. The van der Waals surface area contributed by atoms with E-state index in [0.29, 0.717) is 16.8 Å². The zero-order valence-electron chi connectivity index (χ0n) is 16.4. The summed E-state index contributed by atoms with van der Waals surface area (Å²) in [6, 6.07) is 9.60. The summed E-state index contributed by atoms with van der Waals surface area (Å²) in [5.74, 6) is -0.491. The molecule has 0 atom stereocenters. The first-order chi connectivity index (χ1) is 14.5. The van der Waals surface area contributed by atoms with Crippen molar-refractivity contribution in [1.29, 1.82) is 0 Å². The molecule has 3 rings (SSSR count). The fraction of sp³-hybridized carbons (Fsp3) is 0.200. The summed E-state index contributed by atoms with van der Waals surface area (Å²) in [5.41, 5.74) is 1.02. The van der Waals surface area contributed by atoms with E-state index in [0.717, 1.165) is 12.1 Å². The maximum atomic E-state index is 12.6. The van der Waals surface area contributed by atoms with Gasteiger partial charge in [-0.3, -0.25) is 4.79 Å². The SMILES string of the molecule is Cc1noc(NS(=O)(=O)c2ccc(C(=O)NCc3ccc(C(F)(F)F)cc3)cc2)c1C. The number of carbonyl (C=O) groups is 1. The Bertz CT molecular complexity index is 1190. The lowest BCUT2D eigenvalue weighted by molar-refractivity contribution is -0.137. The van der Waals surface area contributed by atoms with Crippen LogP contribution in [0.2, 0.25) is 0 Å². The summed E-state index contributed by atoms with van der Waals surface area (Å²) in [6.07, 6.45) is -4.43. The van der Waals surface area contributed by atoms with E-state index < -0.39 is 27.7 Å². The van der Waals surface area contributed by atoms with E-state index in [1.165, 1.54) is 36.4 Å². The summed E-state index contributed by atoms with van der Waals surface area (Å²) in [6.45, 7) is 3.35. The molecule has 0 bridgehead atoms. The zero-order valence-corrected chi connectivity index (χ0v) is 17.3. The van der Waals surface area contributed by atoms with Crippen LogP contribution in [0.5, 0.6) is 0 Å². The Hall–Kier alpha value is -3.34. The molecule has 7 nitrogen and oxygen atoms in total. The molecule has 1 aromatic heterocycles. The standard InChI is InChI=1S/C20H18F3N3O4S/c1-12-13(2)25-30-19(12)26-31(28,29)17-9-5-15(6-10-17)18(27)24-11-14-3-7-16(8-4-14)20(21,22)23/h3-10,26H,11H2,1-2H3,(H,24,27). The van der Waals surface area contributed by atoms with Crippen LogP contribution >= 0.6 is 0 Å². The minimum absolute atomic E-state index is 0.0101. The lowest BCUT2D eigenvalue weighted by atomic mass is 10.1. The first kappa shape index (κ1) is 22.3. The van der Waals surface area contributed by atoms with Crippen LogP contribution in [-0.4, -0.2) is 19.5 Å². The number of nitrogens with zero attached hydrogens (tertiary/aromatic N) is 1. The van der Waals surface area contributed by atoms with Crippen molar-refractivity contribution in [3.8, 4) is 0 Å². The number of rotatable bonds is 6. The van der Waals surface area contributed by atoms with Gasteiger partial charge in [0.1, 0.15) is 0 Å². The Balaban J connectivity index is 1.64. The fourth-order valence-electron chi connectivity index (χ4n) is 2.57. The van der Waals surface area contributed by atoms with Crippen molar-refractivity contribution in [2.45, 2.75) is 31.5 Å². The minimum Gasteiger partial charge on any atom is -0.348 e. The normalized spacial score (nSPS) is 11.9. The van der Waals surface area contributed by atoms with E-state index in [-0.39, 0.29) is 22.9 Å². The monoisotopic (exact) mass is 453 g/mol. The van der Waals surface area contributed by atoms with E-state index in [4.69, 9.17) is 4.52 Å². The summed E-state index contributed by atoms with van der Waals surface area (Å²) in [5, 5.41) is 6.26. The summed E-state index contributed by atoms with van der Waals surface area (Å²) < 4.78 is 70.0. The molecule has 0 saturated carbocycles. The van der Waals surface area contributed by atoms with Gasteiger partial charge in [0.05, 0.1) is 16.2 Å². The van der Waals surface area contributed by atoms with E-state index in [2.05, 4.69) is 15.2 Å². The molecule has 0 aliphatic rings. The third-order valence-corrected chi connectivity index (χ3v) is 5.89. The van der Waals surface area contributed by atoms with Crippen LogP contribution < -0.4 is 10.0 Å². The molecule has 0 unspecified atom stereocenters. The Morgan fingerprint density at radius 2 is 1.65 bits per heavy atom. The van der Waals surface area contributed by atoms with Crippen LogP contribution in [0.3, 0.4) is 0 Å². The van der Waals surface area contributed by atoms with E-state index in [9.17, 15) is 26.4 Å². The number of aryl methyl sites for hydroxylation is 1. The molecule has 0 fully saturated rings. The number of sulfonamides is 1. The van der Waals surface area contributed by atoms with Gasteiger partial charge >= 0.3 is 6.18 Å². The molecule has 0 spiro atoms. The average Bonchev–Trinajstić information content (AvgIpc) is 3.03. The van der Waals surface area contributed by atoms with Gasteiger partial charge in [0.2, 0.25) is 5.88 Å². The van der Waals surface area contributed by atoms with Crippen LogP contribution in [0.25, 0.3) is 0 Å². The van der Waals surface area contributed by atoms with Crippen molar-refractivity contribution in [2.75, 3.05) is 4.72 Å². The Labute approximate surface area is 176 Å². The van der Waals surface area contributed by atoms with E-state index in [1.54, 1.807) is 13.8 Å². The smallest absolute Gasteiger partial charge is 0.348 e. The summed E-state index contributed by atoms with van der Waals surface area (Å²) in [7, 11) is -3.94. The second-order valence-corrected chi connectivity index (χ2v) is 8.41. The number of hydrogen-bond acceptors (Lipinski definition) is 5. The molecule has 1 amide bonds. The number of halogens is 3. The second-order valence-electron chi connectivity index (χ2n) is 6.73. The molecule has 0 aliphatic carbocycles. The van der Waals surface area contributed by atoms with Gasteiger partial charge in [-0.2, -0.15) is 13.2 Å². The quantitative estimate of drug-likeness (QED) is 0.587. The number of benzene rings is 2. The van der Waals surface area contributed by atoms with E-state index in [1.807, 2.05) is 0 Å². The minimum atomic E-state index is -4.43. The number of carbonyl (C=O) groups excluding carboxylic acids is 1. The number of aromatic nitrogens is 1. The fourth-order valence-corrected chi connectivity index (χ4v) is 3.62. The highest BCUT2D eigenvalue weighted by atomic mass is 32.2. The van der Waals surface area contributed by atoms with Crippen molar-refractivity contribution in [3.05, 3.63) is 76.5 Å². The first-order valence-corrected chi connectivity index (χ1v) is 10.5. The predicted octanol–water partition coefficient (Wildman–Crippen LogP) is 4.04. The summed E-state index contributed by atoms with van der Waals surface area (Å²) in [4.78, 5) is 12.2. The molecular formula is C20H18F3N3O4S. The largest absolute Gasteiger partial charge is 0.416 e. The number of anilines is 1. The van der Waals surface area contributed by atoms with Gasteiger partial charge in [-0.15, -0.1) is 0 Å². The van der Waals surface area contributed by atoms with Gasteiger partial charge in [0.15, 0.2) is 0 Å². The van der Waals surface area contributed by atoms with Gasteiger partial charge < -0.3 is 9.84 Å². The number of hydrogen-bond donors (Lipinski definition) is 2.